The van der Waals surface area contributed by atoms with Crippen LogP contribution in [0.1, 0.15) is 22.8 Å². The van der Waals surface area contributed by atoms with Crippen LogP contribution in [0, 0.1) is 6.92 Å². The summed E-state index contributed by atoms with van der Waals surface area (Å²) in [6.07, 6.45) is -0.683. The summed E-state index contributed by atoms with van der Waals surface area (Å²) in [4.78, 5) is 0. The number of rotatable bonds is 3. The van der Waals surface area contributed by atoms with E-state index in [4.69, 9.17) is 4.74 Å². The highest BCUT2D eigenvalue weighted by Crippen LogP contribution is 2.32. The van der Waals surface area contributed by atoms with Gasteiger partial charge in [-0.25, -0.2) is 0 Å². The van der Waals surface area contributed by atoms with Gasteiger partial charge in [-0.1, -0.05) is 45.8 Å². The number of methoxy groups -OCH3 is 1. The van der Waals surface area contributed by atoms with E-state index < -0.39 is 6.10 Å². The molecule has 94 valence electrons. The van der Waals surface area contributed by atoms with Crippen molar-refractivity contribution in [3.8, 4) is 5.75 Å². The van der Waals surface area contributed by atoms with Gasteiger partial charge in [0.1, 0.15) is 11.9 Å². The van der Waals surface area contributed by atoms with Crippen LogP contribution in [0.4, 0.5) is 0 Å². The van der Waals surface area contributed by atoms with Crippen molar-refractivity contribution in [3.63, 3.8) is 0 Å². The first-order chi connectivity index (χ1) is 8.61. The number of aryl methyl sites for hydroxylation is 1. The van der Waals surface area contributed by atoms with Gasteiger partial charge >= 0.3 is 0 Å². The Hall–Kier alpha value is -1.32. The minimum absolute atomic E-state index is 0.683. The molecule has 0 aliphatic carbocycles. The molecule has 0 amide bonds. The van der Waals surface area contributed by atoms with Crippen molar-refractivity contribution in [2.24, 2.45) is 0 Å². The maximum atomic E-state index is 10.5. The topological polar surface area (TPSA) is 29.5 Å². The Bertz CT molecular complexity index is 552. The molecule has 1 unspecified atom stereocenters. The van der Waals surface area contributed by atoms with Crippen molar-refractivity contribution in [2.75, 3.05) is 7.11 Å². The molecule has 0 saturated heterocycles. The van der Waals surface area contributed by atoms with E-state index in [1.165, 1.54) is 0 Å². The molecule has 18 heavy (non-hydrogen) atoms. The molecule has 2 rings (SSSR count). The molecule has 1 N–H and O–H groups in total. The molecule has 0 saturated carbocycles. The number of aliphatic hydroxyl groups excluding tert-OH is 1. The van der Waals surface area contributed by atoms with Gasteiger partial charge in [0, 0.05) is 10.0 Å². The van der Waals surface area contributed by atoms with E-state index in [0.717, 1.165) is 21.2 Å². The lowest BCUT2D eigenvalue weighted by Gasteiger charge is -2.16. The summed E-state index contributed by atoms with van der Waals surface area (Å²) in [5.74, 6) is 0.687. The zero-order valence-corrected chi connectivity index (χ0v) is 11.9. The van der Waals surface area contributed by atoms with Crippen LogP contribution in [-0.2, 0) is 0 Å². The predicted octanol–water partition coefficient (Wildman–Crippen LogP) is 3.85. The third-order valence-electron chi connectivity index (χ3n) is 2.84. The summed E-state index contributed by atoms with van der Waals surface area (Å²) in [6, 6.07) is 13.5. The van der Waals surface area contributed by atoms with Crippen LogP contribution in [0.5, 0.6) is 5.75 Å². The molecule has 2 aromatic rings. The zero-order chi connectivity index (χ0) is 13.1. The molecule has 0 fully saturated rings. The molecule has 3 heteroatoms. The quantitative estimate of drug-likeness (QED) is 0.933. The molecular weight excluding hydrogens is 292 g/mol. The Labute approximate surface area is 115 Å². The Morgan fingerprint density at radius 3 is 2.61 bits per heavy atom. The lowest BCUT2D eigenvalue weighted by Crippen LogP contribution is -2.02. The smallest absolute Gasteiger partial charge is 0.125 e. The highest BCUT2D eigenvalue weighted by Gasteiger charge is 2.15. The van der Waals surface area contributed by atoms with Gasteiger partial charge in [-0.05, 0) is 30.7 Å². The predicted molar refractivity (Wildman–Crippen MR) is 75.9 cm³/mol. The monoisotopic (exact) mass is 306 g/mol. The normalized spacial score (nSPS) is 12.2. The second-order valence-electron chi connectivity index (χ2n) is 4.20. The van der Waals surface area contributed by atoms with E-state index >= 15 is 0 Å². The number of benzene rings is 2. The number of aliphatic hydroxyl groups is 1. The van der Waals surface area contributed by atoms with E-state index in [-0.39, 0.29) is 0 Å². The van der Waals surface area contributed by atoms with Crippen LogP contribution in [-0.4, -0.2) is 12.2 Å². The van der Waals surface area contributed by atoms with Crippen LogP contribution < -0.4 is 4.74 Å². The van der Waals surface area contributed by atoms with Gasteiger partial charge in [0.2, 0.25) is 0 Å². The summed E-state index contributed by atoms with van der Waals surface area (Å²) >= 11 is 3.41. The van der Waals surface area contributed by atoms with Crippen molar-refractivity contribution >= 4 is 15.9 Å². The maximum absolute atomic E-state index is 10.5. The van der Waals surface area contributed by atoms with Crippen molar-refractivity contribution in [1.82, 2.24) is 0 Å². The summed E-state index contributed by atoms with van der Waals surface area (Å²) in [6.45, 7) is 2.01. The second kappa shape index (κ2) is 5.55. The molecule has 0 aromatic heterocycles. The van der Waals surface area contributed by atoms with Gasteiger partial charge in [-0.2, -0.15) is 0 Å². The first kappa shape index (κ1) is 13.1. The van der Waals surface area contributed by atoms with Gasteiger partial charge in [-0.15, -0.1) is 0 Å². The molecule has 0 spiro atoms. The van der Waals surface area contributed by atoms with Crippen LogP contribution in [0.15, 0.2) is 46.9 Å². The van der Waals surface area contributed by atoms with Gasteiger partial charge in [0.15, 0.2) is 0 Å². The molecule has 2 nitrogen and oxygen atoms in total. The third-order valence-corrected chi connectivity index (χ3v) is 3.34. The molecular formula is C15H15BrO2. The number of halogens is 1. The molecule has 0 heterocycles. The highest BCUT2D eigenvalue weighted by atomic mass is 79.9. The largest absolute Gasteiger partial charge is 0.496 e. The lowest BCUT2D eigenvalue weighted by molar-refractivity contribution is 0.214. The molecule has 2 aromatic carbocycles. The first-order valence-corrected chi connectivity index (χ1v) is 6.49. The Morgan fingerprint density at radius 1 is 1.17 bits per heavy atom. The third kappa shape index (κ3) is 2.74. The summed E-state index contributed by atoms with van der Waals surface area (Å²) in [5.41, 5.74) is 2.75. The molecule has 0 radical (unpaired) electrons. The van der Waals surface area contributed by atoms with E-state index in [1.807, 2.05) is 49.4 Å². The lowest BCUT2D eigenvalue weighted by atomic mass is 9.99. The average Bonchev–Trinajstić information content (AvgIpc) is 2.38. The molecule has 0 aliphatic rings. The fraction of sp³-hybridized carbons (Fsp3) is 0.200. The van der Waals surface area contributed by atoms with Crippen LogP contribution >= 0.6 is 15.9 Å². The Balaban J connectivity index is 2.44. The van der Waals surface area contributed by atoms with Crippen LogP contribution in [0.25, 0.3) is 0 Å². The minimum atomic E-state index is -0.683. The fourth-order valence-corrected chi connectivity index (χ4v) is 2.32. The molecule has 0 bridgehead atoms. The summed E-state index contributed by atoms with van der Waals surface area (Å²) in [7, 11) is 1.61. The maximum Gasteiger partial charge on any atom is 0.125 e. The van der Waals surface area contributed by atoms with Gasteiger partial charge in [0.25, 0.3) is 0 Å². The number of hydrogen-bond donors (Lipinski definition) is 1. The van der Waals surface area contributed by atoms with Crippen LogP contribution in [0.3, 0.4) is 0 Å². The van der Waals surface area contributed by atoms with Crippen LogP contribution in [0.2, 0.25) is 0 Å². The number of ether oxygens (including phenoxy) is 1. The van der Waals surface area contributed by atoms with E-state index in [2.05, 4.69) is 15.9 Å². The van der Waals surface area contributed by atoms with Gasteiger partial charge in [-0.3, -0.25) is 0 Å². The summed E-state index contributed by atoms with van der Waals surface area (Å²) < 4.78 is 6.21. The second-order valence-corrected chi connectivity index (χ2v) is 5.12. The molecule has 1 atom stereocenters. The van der Waals surface area contributed by atoms with Crippen molar-refractivity contribution < 1.29 is 9.84 Å². The van der Waals surface area contributed by atoms with Crippen molar-refractivity contribution in [3.05, 3.63) is 63.6 Å². The summed E-state index contributed by atoms with van der Waals surface area (Å²) in [5, 5.41) is 10.5. The van der Waals surface area contributed by atoms with Gasteiger partial charge in [0.05, 0.1) is 7.11 Å². The van der Waals surface area contributed by atoms with Gasteiger partial charge < -0.3 is 9.84 Å². The van der Waals surface area contributed by atoms with Crippen molar-refractivity contribution in [1.29, 1.82) is 0 Å². The average molecular weight is 307 g/mol. The highest BCUT2D eigenvalue weighted by molar-refractivity contribution is 9.10. The Kier molecular flexibility index (Phi) is 4.04. The zero-order valence-electron chi connectivity index (χ0n) is 10.4. The van der Waals surface area contributed by atoms with E-state index in [9.17, 15) is 5.11 Å². The van der Waals surface area contributed by atoms with E-state index in [1.54, 1.807) is 7.11 Å². The fourth-order valence-electron chi connectivity index (χ4n) is 1.94. The Morgan fingerprint density at radius 2 is 1.94 bits per heavy atom. The number of hydrogen-bond acceptors (Lipinski definition) is 2. The van der Waals surface area contributed by atoms with E-state index in [0.29, 0.717) is 5.75 Å². The van der Waals surface area contributed by atoms with Crippen molar-refractivity contribution in [2.45, 2.75) is 13.0 Å². The first-order valence-electron chi connectivity index (χ1n) is 5.70. The standard InChI is InChI=1S/C15H15BrO2/c1-10-4-3-5-11(8-10)15(17)13-9-12(16)6-7-14(13)18-2/h3-9,15,17H,1-2H3. The molecule has 0 aliphatic heterocycles. The minimum Gasteiger partial charge on any atom is -0.496 e. The SMILES string of the molecule is COc1ccc(Br)cc1C(O)c1cccc(C)c1.